The molecule has 1 aliphatic carbocycles. The summed E-state index contributed by atoms with van der Waals surface area (Å²) in [6, 6.07) is 14.0. The van der Waals surface area contributed by atoms with Crippen molar-refractivity contribution in [3.63, 3.8) is 0 Å². The van der Waals surface area contributed by atoms with Crippen LogP contribution in [0.5, 0.6) is 0 Å². The molecular formula is C25H27N3O2. The summed E-state index contributed by atoms with van der Waals surface area (Å²) in [4.78, 5) is 27.6. The topological polar surface area (TPSA) is 53.8 Å². The summed E-state index contributed by atoms with van der Waals surface area (Å²) in [5.41, 5.74) is 6.14. The fourth-order valence-electron chi connectivity index (χ4n) is 4.94. The number of anilines is 1. The maximum atomic E-state index is 12.8. The summed E-state index contributed by atoms with van der Waals surface area (Å²) in [6.07, 6.45) is 7.60. The van der Waals surface area contributed by atoms with Crippen LogP contribution in [0.4, 0.5) is 5.69 Å². The van der Waals surface area contributed by atoms with Crippen molar-refractivity contribution in [3.8, 4) is 0 Å². The summed E-state index contributed by atoms with van der Waals surface area (Å²) in [7, 11) is 0. The summed E-state index contributed by atoms with van der Waals surface area (Å²) in [5, 5.41) is 3.09. The third kappa shape index (κ3) is 3.38. The van der Waals surface area contributed by atoms with E-state index in [0.717, 1.165) is 49.2 Å². The minimum absolute atomic E-state index is 0.0375. The molecule has 5 heteroatoms. The van der Waals surface area contributed by atoms with Crippen LogP contribution in [0, 0.1) is 0 Å². The number of hydrogen-bond acceptors (Lipinski definition) is 3. The molecule has 5 rings (SSSR count). The fraction of sp³-hybridized carbons (Fsp3) is 0.360. The maximum Gasteiger partial charge on any atom is 0.251 e. The Balaban J connectivity index is 1.32. The molecule has 1 aliphatic heterocycles. The van der Waals surface area contributed by atoms with E-state index in [-0.39, 0.29) is 11.7 Å². The SMILES string of the molecule is O=C(NCCc1c2c(n3ccccc13)C(=O)CCC2)c1cccc(N2CCCC2)c1. The molecule has 1 aromatic carbocycles. The number of hydrogen-bond donors (Lipinski definition) is 1. The van der Waals surface area contributed by atoms with Gasteiger partial charge in [-0.1, -0.05) is 12.1 Å². The first-order valence-corrected chi connectivity index (χ1v) is 11.0. The lowest BCUT2D eigenvalue weighted by Crippen LogP contribution is -2.26. The second-order valence-corrected chi connectivity index (χ2v) is 8.29. The molecule has 3 heterocycles. The van der Waals surface area contributed by atoms with Crippen LogP contribution in [0.25, 0.3) is 5.52 Å². The van der Waals surface area contributed by atoms with Crippen molar-refractivity contribution >= 4 is 22.9 Å². The van der Waals surface area contributed by atoms with E-state index < -0.39 is 0 Å². The molecule has 154 valence electrons. The molecule has 0 radical (unpaired) electrons. The molecule has 0 unspecified atom stereocenters. The first-order valence-electron chi connectivity index (χ1n) is 11.0. The summed E-state index contributed by atoms with van der Waals surface area (Å²) >= 11 is 0. The lowest BCUT2D eigenvalue weighted by atomic mass is 9.92. The molecule has 1 saturated heterocycles. The zero-order valence-electron chi connectivity index (χ0n) is 17.2. The molecule has 0 spiro atoms. The second-order valence-electron chi connectivity index (χ2n) is 8.29. The number of Topliss-reactive ketones (excluding diaryl/α,β-unsaturated/α-hetero) is 1. The van der Waals surface area contributed by atoms with Gasteiger partial charge in [0.2, 0.25) is 0 Å². The van der Waals surface area contributed by atoms with E-state index in [9.17, 15) is 9.59 Å². The predicted octanol–water partition coefficient (Wildman–Crippen LogP) is 4.03. The van der Waals surface area contributed by atoms with Crippen LogP contribution in [0.3, 0.4) is 0 Å². The van der Waals surface area contributed by atoms with Crippen LogP contribution in [-0.4, -0.2) is 35.7 Å². The van der Waals surface area contributed by atoms with Crippen molar-refractivity contribution < 1.29 is 9.59 Å². The van der Waals surface area contributed by atoms with Crippen LogP contribution >= 0.6 is 0 Å². The van der Waals surface area contributed by atoms with Gasteiger partial charge in [0.15, 0.2) is 5.78 Å². The number of amides is 1. The molecule has 1 fully saturated rings. The van der Waals surface area contributed by atoms with Crippen LogP contribution in [-0.2, 0) is 12.8 Å². The third-order valence-electron chi connectivity index (χ3n) is 6.39. The Hall–Kier alpha value is -3.08. The smallest absolute Gasteiger partial charge is 0.251 e. The van der Waals surface area contributed by atoms with Gasteiger partial charge < -0.3 is 14.6 Å². The number of pyridine rings is 1. The molecule has 5 nitrogen and oxygen atoms in total. The van der Waals surface area contributed by atoms with Crippen LogP contribution < -0.4 is 10.2 Å². The monoisotopic (exact) mass is 401 g/mol. The molecule has 3 aromatic rings. The highest BCUT2D eigenvalue weighted by atomic mass is 16.1. The van der Waals surface area contributed by atoms with E-state index in [4.69, 9.17) is 0 Å². The number of carbonyl (C=O) groups is 2. The Morgan fingerprint density at radius 2 is 1.87 bits per heavy atom. The second kappa shape index (κ2) is 7.98. The Morgan fingerprint density at radius 1 is 1.00 bits per heavy atom. The fourth-order valence-corrected chi connectivity index (χ4v) is 4.94. The normalized spacial score (nSPS) is 16.1. The molecule has 0 atom stereocenters. The van der Waals surface area contributed by atoms with Crippen molar-refractivity contribution in [2.75, 3.05) is 24.5 Å². The Morgan fingerprint density at radius 3 is 2.73 bits per heavy atom. The minimum Gasteiger partial charge on any atom is -0.372 e. The van der Waals surface area contributed by atoms with Crippen molar-refractivity contribution in [3.05, 3.63) is 71.0 Å². The number of aromatic nitrogens is 1. The first-order chi connectivity index (χ1) is 14.7. The third-order valence-corrected chi connectivity index (χ3v) is 6.39. The largest absolute Gasteiger partial charge is 0.372 e. The van der Waals surface area contributed by atoms with Gasteiger partial charge in [0.25, 0.3) is 5.91 Å². The summed E-state index contributed by atoms with van der Waals surface area (Å²) in [5.74, 6) is 0.191. The van der Waals surface area contributed by atoms with Crippen molar-refractivity contribution in [1.29, 1.82) is 0 Å². The summed E-state index contributed by atoms with van der Waals surface area (Å²) in [6.45, 7) is 2.69. The van der Waals surface area contributed by atoms with Gasteiger partial charge >= 0.3 is 0 Å². The summed E-state index contributed by atoms with van der Waals surface area (Å²) < 4.78 is 2.04. The average Bonchev–Trinajstić information content (AvgIpc) is 3.42. The lowest BCUT2D eigenvalue weighted by Gasteiger charge is -2.18. The van der Waals surface area contributed by atoms with Gasteiger partial charge in [0.05, 0.1) is 5.69 Å². The van der Waals surface area contributed by atoms with Gasteiger partial charge in [-0.15, -0.1) is 0 Å². The van der Waals surface area contributed by atoms with Gasteiger partial charge in [-0.05, 0) is 73.6 Å². The lowest BCUT2D eigenvalue weighted by molar-refractivity contribution is 0.0949. The van der Waals surface area contributed by atoms with Crippen molar-refractivity contribution in [2.45, 2.75) is 38.5 Å². The van der Waals surface area contributed by atoms with Gasteiger partial charge in [0, 0.05) is 49.0 Å². The predicted molar refractivity (Wildman–Crippen MR) is 119 cm³/mol. The van der Waals surface area contributed by atoms with Crippen LogP contribution in [0.1, 0.15) is 57.7 Å². The number of fused-ring (bicyclic) bond motifs is 3. The maximum absolute atomic E-state index is 12.8. The highest BCUT2D eigenvalue weighted by molar-refractivity contribution is 5.99. The van der Waals surface area contributed by atoms with Crippen molar-refractivity contribution in [2.24, 2.45) is 0 Å². The zero-order valence-corrected chi connectivity index (χ0v) is 17.2. The van der Waals surface area contributed by atoms with Gasteiger partial charge in [-0.25, -0.2) is 0 Å². The molecule has 0 saturated carbocycles. The van der Waals surface area contributed by atoms with Crippen molar-refractivity contribution in [1.82, 2.24) is 9.72 Å². The van der Waals surface area contributed by atoms with E-state index in [1.807, 2.05) is 40.9 Å². The van der Waals surface area contributed by atoms with Crippen LogP contribution in [0.15, 0.2) is 48.7 Å². The molecule has 0 bridgehead atoms. The Kier molecular flexibility index (Phi) is 5.03. The van der Waals surface area contributed by atoms with E-state index >= 15 is 0 Å². The quantitative estimate of drug-likeness (QED) is 0.702. The van der Waals surface area contributed by atoms with Crippen LogP contribution in [0.2, 0.25) is 0 Å². The molecule has 2 aliphatic rings. The Bertz CT molecular complexity index is 1110. The van der Waals surface area contributed by atoms with E-state index in [2.05, 4.69) is 22.3 Å². The Labute approximate surface area is 176 Å². The van der Waals surface area contributed by atoms with E-state index in [1.54, 1.807) is 0 Å². The van der Waals surface area contributed by atoms with E-state index in [0.29, 0.717) is 18.5 Å². The zero-order chi connectivity index (χ0) is 20.5. The molecular weight excluding hydrogens is 374 g/mol. The molecule has 2 aromatic heterocycles. The number of rotatable bonds is 5. The molecule has 1 amide bonds. The first kappa shape index (κ1) is 18.9. The number of ketones is 1. The number of carbonyl (C=O) groups excluding carboxylic acids is 2. The van der Waals surface area contributed by atoms with Gasteiger partial charge in [-0.2, -0.15) is 0 Å². The van der Waals surface area contributed by atoms with Gasteiger partial charge in [0.1, 0.15) is 0 Å². The average molecular weight is 402 g/mol. The number of benzene rings is 1. The minimum atomic E-state index is -0.0375. The molecule has 1 N–H and O–H groups in total. The van der Waals surface area contributed by atoms with E-state index in [1.165, 1.54) is 24.0 Å². The number of nitrogens with zero attached hydrogens (tertiary/aromatic N) is 2. The number of nitrogens with one attached hydrogen (secondary N) is 1. The standard InChI is InChI=1S/C25H27N3O2/c29-23-11-6-9-21-20(22-10-1-2-16-28(22)24(21)23)12-13-26-25(30)18-7-5-8-19(17-18)27-14-3-4-15-27/h1-2,5,7-8,10,16-17H,3-4,6,9,11-15H2,(H,26,30). The van der Waals surface area contributed by atoms with Gasteiger partial charge in [-0.3, -0.25) is 9.59 Å². The molecule has 30 heavy (non-hydrogen) atoms. The highest BCUT2D eigenvalue weighted by Crippen LogP contribution is 2.30. The highest BCUT2D eigenvalue weighted by Gasteiger charge is 2.25.